The topological polar surface area (TPSA) is 47.6 Å². The van der Waals surface area contributed by atoms with E-state index in [-0.39, 0.29) is 11.4 Å². The van der Waals surface area contributed by atoms with Crippen LogP contribution >= 0.6 is 0 Å². The normalized spacial score (nSPS) is 24.0. The lowest BCUT2D eigenvalue weighted by Gasteiger charge is -2.42. The predicted octanol–water partition coefficient (Wildman–Crippen LogP) is 3.88. The molecule has 4 rings (SSSR count). The molecule has 1 saturated carbocycles. The van der Waals surface area contributed by atoms with Crippen LogP contribution in [-0.2, 0) is 14.3 Å². The van der Waals surface area contributed by atoms with Gasteiger partial charge in [0.15, 0.2) is 5.79 Å². The van der Waals surface area contributed by atoms with E-state index in [0.717, 1.165) is 36.8 Å². The Labute approximate surface area is 156 Å². The van der Waals surface area contributed by atoms with Gasteiger partial charge in [0, 0.05) is 18.4 Å². The molecule has 140 valence electrons. The Kier molecular flexibility index (Phi) is 4.05. The van der Waals surface area contributed by atoms with Gasteiger partial charge in [-0.25, -0.2) is 0 Å². The van der Waals surface area contributed by atoms with E-state index < -0.39 is 5.79 Å². The van der Waals surface area contributed by atoms with Gasteiger partial charge in [0.2, 0.25) is 0 Å². The highest BCUT2D eigenvalue weighted by Gasteiger charge is 2.51. The van der Waals surface area contributed by atoms with Crippen LogP contribution in [0.15, 0.2) is 11.6 Å². The van der Waals surface area contributed by atoms with Crippen LogP contribution in [0, 0.1) is 27.7 Å². The maximum atomic E-state index is 13.0. The molecule has 26 heavy (non-hydrogen) atoms. The Morgan fingerprint density at radius 3 is 2.12 bits per heavy atom. The summed E-state index contributed by atoms with van der Waals surface area (Å²) in [7, 11) is 0. The van der Waals surface area contributed by atoms with Gasteiger partial charge in [-0.1, -0.05) is 6.07 Å². The molecule has 0 atom stereocenters. The second-order valence-electron chi connectivity index (χ2n) is 8.28. The molecule has 1 aromatic rings. The molecule has 2 aliphatic heterocycles. The molecule has 0 bridgehead atoms. The third kappa shape index (κ3) is 2.46. The molecule has 2 heterocycles. The molecule has 1 N–H and O–H groups in total. The van der Waals surface area contributed by atoms with Crippen molar-refractivity contribution in [2.45, 2.75) is 71.6 Å². The van der Waals surface area contributed by atoms with Crippen LogP contribution in [0.4, 0.5) is 0 Å². The van der Waals surface area contributed by atoms with Gasteiger partial charge in [-0.05, 0) is 80.9 Å². The van der Waals surface area contributed by atoms with E-state index in [4.69, 9.17) is 9.47 Å². The number of nitrogens with one attached hydrogen (secondary N) is 1. The lowest BCUT2D eigenvalue weighted by Crippen LogP contribution is -2.51. The molecule has 2 spiro atoms. The van der Waals surface area contributed by atoms with Crippen LogP contribution in [-0.4, -0.2) is 30.4 Å². The van der Waals surface area contributed by atoms with E-state index in [1.165, 1.54) is 27.8 Å². The highest BCUT2D eigenvalue weighted by Crippen LogP contribution is 2.48. The Balaban J connectivity index is 1.74. The Bertz CT molecular complexity index is 805. The molecule has 1 aliphatic carbocycles. The van der Waals surface area contributed by atoms with E-state index in [1.807, 2.05) is 0 Å². The summed E-state index contributed by atoms with van der Waals surface area (Å²) < 4.78 is 11.7. The number of benzene rings is 1. The number of hydrogen-bond donors (Lipinski definition) is 1. The van der Waals surface area contributed by atoms with E-state index in [1.54, 1.807) is 0 Å². The first-order chi connectivity index (χ1) is 12.3. The summed E-state index contributed by atoms with van der Waals surface area (Å²) in [5.74, 6) is -0.341. The van der Waals surface area contributed by atoms with Gasteiger partial charge < -0.3 is 14.8 Å². The zero-order valence-electron chi connectivity index (χ0n) is 16.5. The standard InChI is InChI=1S/C22H29NO3/c1-13-12-14(2)18(16(4)15(13)3)19-17(5)21(23-20(19)24)6-8-22(9-7-21)25-10-11-26-22/h12H,6-11H2,1-5H3,(H,23,24). The maximum absolute atomic E-state index is 13.0. The number of hydrogen-bond acceptors (Lipinski definition) is 3. The number of ether oxygens (including phenoxy) is 2. The first-order valence-electron chi connectivity index (χ1n) is 9.68. The minimum atomic E-state index is -0.411. The number of amides is 1. The summed E-state index contributed by atoms with van der Waals surface area (Å²) in [6.07, 6.45) is 3.42. The molecule has 4 heteroatoms. The summed E-state index contributed by atoms with van der Waals surface area (Å²) in [4.78, 5) is 13.0. The van der Waals surface area contributed by atoms with Crippen LogP contribution in [0.5, 0.6) is 0 Å². The molecule has 3 aliphatic rings. The number of aryl methyl sites for hydroxylation is 2. The summed E-state index contributed by atoms with van der Waals surface area (Å²) in [6.45, 7) is 12.0. The van der Waals surface area contributed by atoms with Crippen molar-refractivity contribution in [2.24, 2.45) is 0 Å². The van der Waals surface area contributed by atoms with Gasteiger partial charge in [0.25, 0.3) is 5.91 Å². The van der Waals surface area contributed by atoms with Crippen molar-refractivity contribution in [1.29, 1.82) is 0 Å². The molecule has 4 nitrogen and oxygen atoms in total. The van der Waals surface area contributed by atoms with Crippen molar-refractivity contribution in [2.75, 3.05) is 13.2 Å². The maximum Gasteiger partial charge on any atom is 0.252 e. The van der Waals surface area contributed by atoms with Crippen LogP contribution < -0.4 is 5.32 Å². The average molecular weight is 355 g/mol. The number of rotatable bonds is 1. The van der Waals surface area contributed by atoms with E-state index >= 15 is 0 Å². The third-order valence-electron chi connectivity index (χ3n) is 6.96. The molecule has 1 aromatic carbocycles. The van der Waals surface area contributed by atoms with Gasteiger partial charge in [-0.15, -0.1) is 0 Å². The number of carbonyl (C=O) groups is 1. The number of carbonyl (C=O) groups excluding carboxylic acids is 1. The minimum Gasteiger partial charge on any atom is -0.348 e. The highest BCUT2D eigenvalue weighted by molar-refractivity contribution is 6.24. The van der Waals surface area contributed by atoms with Crippen LogP contribution in [0.1, 0.15) is 60.4 Å². The fourth-order valence-electron chi connectivity index (χ4n) is 5.10. The lowest BCUT2D eigenvalue weighted by molar-refractivity contribution is -0.184. The monoisotopic (exact) mass is 355 g/mol. The van der Waals surface area contributed by atoms with Crippen molar-refractivity contribution in [3.63, 3.8) is 0 Å². The summed E-state index contributed by atoms with van der Waals surface area (Å²) in [5, 5.41) is 3.34. The first kappa shape index (κ1) is 17.7. The Hall–Kier alpha value is -1.65. The average Bonchev–Trinajstić information content (AvgIpc) is 3.15. The summed E-state index contributed by atoms with van der Waals surface area (Å²) in [5.41, 5.74) is 7.90. The molecular weight excluding hydrogens is 326 g/mol. The summed E-state index contributed by atoms with van der Waals surface area (Å²) >= 11 is 0. The zero-order chi connectivity index (χ0) is 18.7. The molecular formula is C22H29NO3. The smallest absolute Gasteiger partial charge is 0.252 e. The fraction of sp³-hybridized carbons (Fsp3) is 0.591. The third-order valence-corrected chi connectivity index (χ3v) is 6.96. The lowest BCUT2D eigenvalue weighted by atomic mass is 9.74. The van der Waals surface area contributed by atoms with Gasteiger partial charge in [0.05, 0.1) is 18.8 Å². The van der Waals surface area contributed by atoms with Crippen molar-refractivity contribution < 1.29 is 14.3 Å². The van der Waals surface area contributed by atoms with Crippen molar-refractivity contribution in [3.8, 4) is 0 Å². The largest absolute Gasteiger partial charge is 0.348 e. The predicted molar refractivity (Wildman–Crippen MR) is 102 cm³/mol. The van der Waals surface area contributed by atoms with E-state index in [0.29, 0.717) is 13.2 Å². The zero-order valence-corrected chi connectivity index (χ0v) is 16.5. The molecule has 0 radical (unpaired) electrons. The van der Waals surface area contributed by atoms with Gasteiger partial charge in [-0.3, -0.25) is 4.79 Å². The first-order valence-corrected chi connectivity index (χ1v) is 9.68. The van der Waals surface area contributed by atoms with Crippen LogP contribution in [0.2, 0.25) is 0 Å². The highest BCUT2D eigenvalue weighted by atomic mass is 16.7. The second kappa shape index (κ2) is 5.93. The van der Waals surface area contributed by atoms with Crippen molar-refractivity contribution in [3.05, 3.63) is 39.5 Å². The van der Waals surface area contributed by atoms with Crippen LogP contribution in [0.3, 0.4) is 0 Å². The van der Waals surface area contributed by atoms with Crippen LogP contribution in [0.25, 0.3) is 5.57 Å². The van der Waals surface area contributed by atoms with Gasteiger partial charge in [-0.2, -0.15) is 0 Å². The summed E-state index contributed by atoms with van der Waals surface area (Å²) in [6, 6.07) is 2.20. The molecule has 1 saturated heterocycles. The van der Waals surface area contributed by atoms with E-state index in [2.05, 4.69) is 46.0 Å². The fourth-order valence-corrected chi connectivity index (χ4v) is 5.10. The molecule has 0 aromatic heterocycles. The van der Waals surface area contributed by atoms with Gasteiger partial charge >= 0.3 is 0 Å². The molecule has 1 amide bonds. The SMILES string of the molecule is CC1=C(c2c(C)cc(C)c(C)c2C)C(=O)NC12CCC1(CC2)OCCO1. The Morgan fingerprint density at radius 2 is 1.50 bits per heavy atom. The molecule has 0 unspecified atom stereocenters. The Morgan fingerprint density at radius 1 is 0.885 bits per heavy atom. The molecule has 2 fully saturated rings. The quantitative estimate of drug-likeness (QED) is 0.832. The minimum absolute atomic E-state index is 0.0705. The van der Waals surface area contributed by atoms with Crippen molar-refractivity contribution >= 4 is 11.5 Å². The van der Waals surface area contributed by atoms with Crippen molar-refractivity contribution in [1.82, 2.24) is 5.32 Å². The van der Waals surface area contributed by atoms with E-state index in [9.17, 15) is 4.79 Å². The second-order valence-corrected chi connectivity index (χ2v) is 8.28. The van der Waals surface area contributed by atoms with Gasteiger partial charge in [0.1, 0.15) is 0 Å².